The number of alkyl halides is 1. The van der Waals surface area contributed by atoms with E-state index >= 15 is 0 Å². The number of rotatable bonds is 6. The molecule has 2 unspecified atom stereocenters. The van der Waals surface area contributed by atoms with Crippen molar-refractivity contribution < 1.29 is 0 Å². The zero-order valence-electron chi connectivity index (χ0n) is 12.0. The van der Waals surface area contributed by atoms with Gasteiger partial charge >= 0.3 is 0 Å². The first-order valence-corrected chi connectivity index (χ1v) is 8.09. The fourth-order valence-electron chi connectivity index (χ4n) is 2.36. The number of nitrogens with zero attached hydrogens (tertiary/aromatic N) is 2. The molecule has 0 saturated carbocycles. The molecule has 0 aliphatic rings. The summed E-state index contributed by atoms with van der Waals surface area (Å²) in [5.41, 5.74) is 2.22. The van der Waals surface area contributed by atoms with Gasteiger partial charge in [0.15, 0.2) is 0 Å². The molecular formula is C14H24BrClN2. The van der Waals surface area contributed by atoms with Gasteiger partial charge in [-0.1, -0.05) is 55.2 Å². The molecule has 2 atom stereocenters. The van der Waals surface area contributed by atoms with Gasteiger partial charge in [0.2, 0.25) is 0 Å². The molecule has 1 aromatic rings. The summed E-state index contributed by atoms with van der Waals surface area (Å²) >= 11 is 10.2. The molecule has 4 heteroatoms. The van der Waals surface area contributed by atoms with Gasteiger partial charge in [-0.3, -0.25) is 4.68 Å². The Morgan fingerprint density at radius 2 is 1.89 bits per heavy atom. The highest BCUT2D eigenvalue weighted by Gasteiger charge is 2.24. The second-order valence-electron chi connectivity index (χ2n) is 5.17. The van der Waals surface area contributed by atoms with Crippen molar-refractivity contribution >= 4 is 27.5 Å². The van der Waals surface area contributed by atoms with Crippen molar-refractivity contribution in [3.8, 4) is 0 Å². The van der Waals surface area contributed by atoms with Gasteiger partial charge in [0.05, 0.1) is 16.4 Å². The van der Waals surface area contributed by atoms with Gasteiger partial charge in [-0.15, -0.1) is 0 Å². The number of halogens is 2. The molecule has 0 saturated heterocycles. The van der Waals surface area contributed by atoms with E-state index in [9.17, 15) is 0 Å². The Morgan fingerprint density at radius 3 is 2.28 bits per heavy atom. The Kier molecular flexibility index (Phi) is 6.19. The molecule has 0 fully saturated rings. The average Bonchev–Trinajstić information content (AvgIpc) is 2.61. The quantitative estimate of drug-likeness (QED) is 0.688. The minimum absolute atomic E-state index is 0.485. The van der Waals surface area contributed by atoms with E-state index < -0.39 is 0 Å². The van der Waals surface area contributed by atoms with Crippen molar-refractivity contribution in [2.75, 3.05) is 0 Å². The summed E-state index contributed by atoms with van der Waals surface area (Å²) in [5.74, 6) is 1.20. The Balaban J connectivity index is 3.04. The van der Waals surface area contributed by atoms with E-state index in [0.29, 0.717) is 16.7 Å². The molecule has 0 bridgehead atoms. The van der Waals surface area contributed by atoms with Crippen LogP contribution in [0.1, 0.15) is 46.0 Å². The first kappa shape index (κ1) is 16.0. The van der Waals surface area contributed by atoms with Crippen LogP contribution < -0.4 is 0 Å². The zero-order valence-corrected chi connectivity index (χ0v) is 14.3. The van der Waals surface area contributed by atoms with E-state index in [-0.39, 0.29) is 0 Å². The molecule has 0 radical (unpaired) electrons. The largest absolute Gasteiger partial charge is 0.268 e. The molecule has 0 spiro atoms. The minimum Gasteiger partial charge on any atom is -0.268 e. The molecule has 0 N–H and O–H groups in total. The molecule has 0 aliphatic heterocycles. The standard InChI is InChI=1S/C14H24BrClN2/c1-6-12-14(16)13(18(7-2)17-12)8-11(9(3)4)10(5)15/h9-11H,6-8H2,1-5H3. The maximum absolute atomic E-state index is 6.46. The van der Waals surface area contributed by atoms with Crippen LogP contribution in [0.15, 0.2) is 0 Å². The molecular weight excluding hydrogens is 312 g/mol. The third-order valence-corrected chi connectivity index (χ3v) is 4.68. The van der Waals surface area contributed by atoms with E-state index in [1.165, 1.54) is 5.69 Å². The molecule has 1 aromatic heterocycles. The first-order valence-electron chi connectivity index (χ1n) is 6.80. The SMILES string of the molecule is CCc1nn(CC)c(CC(C(C)C)C(C)Br)c1Cl. The van der Waals surface area contributed by atoms with Gasteiger partial charge in [-0.2, -0.15) is 5.10 Å². The summed E-state index contributed by atoms with van der Waals surface area (Å²) in [7, 11) is 0. The summed E-state index contributed by atoms with van der Waals surface area (Å²) in [6.45, 7) is 11.9. The fraction of sp³-hybridized carbons (Fsp3) is 0.786. The molecule has 2 nitrogen and oxygen atoms in total. The Labute approximate surface area is 124 Å². The monoisotopic (exact) mass is 334 g/mol. The predicted octanol–water partition coefficient (Wildman–Crippen LogP) is 4.72. The van der Waals surface area contributed by atoms with Crippen molar-refractivity contribution in [3.63, 3.8) is 0 Å². The summed E-state index contributed by atoms with van der Waals surface area (Å²) in [5, 5.41) is 5.46. The van der Waals surface area contributed by atoms with Gasteiger partial charge in [0.25, 0.3) is 0 Å². The molecule has 104 valence electrons. The molecule has 0 amide bonds. The zero-order chi connectivity index (χ0) is 13.9. The van der Waals surface area contributed by atoms with Crippen LogP contribution in [0.25, 0.3) is 0 Å². The lowest BCUT2D eigenvalue weighted by Gasteiger charge is -2.24. The molecule has 18 heavy (non-hydrogen) atoms. The highest BCUT2D eigenvalue weighted by molar-refractivity contribution is 9.09. The van der Waals surface area contributed by atoms with Crippen molar-refractivity contribution in [3.05, 3.63) is 16.4 Å². The maximum Gasteiger partial charge on any atom is 0.0849 e. The van der Waals surface area contributed by atoms with Crippen molar-refractivity contribution in [1.29, 1.82) is 0 Å². The maximum atomic E-state index is 6.46. The number of aryl methyl sites for hydroxylation is 2. The summed E-state index contributed by atoms with van der Waals surface area (Å²) < 4.78 is 2.06. The predicted molar refractivity (Wildman–Crippen MR) is 82.7 cm³/mol. The summed E-state index contributed by atoms with van der Waals surface area (Å²) in [6.07, 6.45) is 1.89. The summed E-state index contributed by atoms with van der Waals surface area (Å²) in [4.78, 5) is 0.485. The van der Waals surface area contributed by atoms with Gasteiger partial charge in [0.1, 0.15) is 0 Å². The first-order chi connectivity index (χ1) is 8.42. The molecule has 0 aromatic carbocycles. The van der Waals surface area contributed by atoms with Crippen LogP contribution in [0, 0.1) is 11.8 Å². The lowest BCUT2D eigenvalue weighted by molar-refractivity contribution is 0.373. The topological polar surface area (TPSA) is 17.8 Å². The van der Waals surface area contributed by atoms with Crippen LogP contribution in [-0.2, 0) is 19.4 Å². The molecule has 1 heterocycles. The van der Waals surface area contributed by atoms with Crippen molar-refractivity contribution in [2.45, 2.75) is 58.8 Å². The second-order valence-corrected chi connectivity index (χ2v) is 6.99. The van der Waals surface area contributed by atoms with Crippen LogP contribution in [0.5, 0.6) is 0 Å². The Bertz CT molecular complexity index is 377. The second kappa shape index (κ2) is 6.95. The Hall–Kier alpha value is -0.0200. The smallest absolute Gasteiger partial charge is 0.0849 e. The lowest BCUT2D eigenvalue weighted by atomic mass is 9.88. The average molecular weight is 336 g/mol. The van der Waals surface area contributed by atoms with Gasteiger partial charge in [-0.05, 0) is 31.6 Å². The van der Waals surface area contributed by atoms with E-state index in [4.69, 9.17) is 11.6 Å². The van der Waals surface area contributed by atoms with Crippen LogP contribution in [0.2, 0.25) is 5.02 Å². The third kappa shape index (κ3) is 3.51. The van der Waals surface area contributed by atoms with E-state index in [2.05, 4.69) is 60.3 Å². The van der Waals surface area contributed by atoms with Gasteiger partial charge in [0, 0.05) is 11.4 Å². The van der Waals surface area contributed by atoms with Gasteiger partial charge in [-0.25, -0.2) is 0 Å². The number of aromatic nitrogens is 2. The fourth-order valence-corrected chi connectivity index (χ4v) is 3.51. The minimum atomic E-state index is 0.485. The number of hydrogen-bond acceptors (Lipinski definition) is 1. The van der Waals surface area contributed by atoms with E-state index in [1.54, 1.807) is 0 Å². The molecule has 1 rings (SSSR count). The van der Waals surface area contributed by atoms with Crippen LogP contribution >= 0.6 is 27.5 Å². The summed E-state index contributed by atoms with van der Waals surface area (Å²) in [6, 6.07) is 0. The van der Waals surface area contributed by atoms with Crippen molar-refractivity contribution in [2.24, 2.45) is 11.8 Å². The Morgan fingerprint density at radius 1 is 1.28 bits per heavy atom. The molecule has 0 aliphatic carbocycles. The van der Waals surface area contributed by atoms with Crippen LogP contribution in [0.4, 0.5) is 0 Å². The van der Waals surface area contributed by atoms with Crippen LogP contribution in [-0.4, -0.2) is 14.6 Å². The lowest BCUT2D eigenvalue weighted by Crippen LogP contribution is -2.22. The highest BCUT2D eigenvalue weighted by atomic mass is 79.9. The normalized spacial score (nSPS) is 15.1. The number of hydrogen-bond donors (Lipinski definition) is 0. The van der Waals surface area contributed by atoms with Gasteiger partial charge < -0.3 is 0 Å². The third-order valence-electron chi connectivity index (χ3n) is 3.57. The van der Waals surface area contributed by atoms with E-state index in [1.807, 2.05) is 0 Å². The van der Waals surface area contributed by atoms with Crippen LogP contribution in [0.3, 0.4) is 0 Å². The highest BCUT2D eigenvalue weighted by Crippen LogP contribution is 2.30. The van der Waals surface area contributed by atoms with E-state index in [0.717, 1.165) is 30.1 Å². The van der Waals surface area contributed by atoms with Crippen molar-refractivity contribution in [1.82, 2.24) is 9.78 Å².